The first kappa shape index (κ1) is 10.9. The Morgan fingerprint density at radius 3 is 2.14 bits per heavy atom. The van der Waals surface area contributed by atoms with Crippen LogP contribution in [0.15, 0.2) is 0 Å². The van der Waals surface area contributed by atoms with Gasteiger partial charge in [-0.3, -0.25) is 9.59 Å². The van der Waals surface area contributed by atoms with E-state index in [9.17, 15) is 9.59 Å². The van der Waals surface area contributed by atoms with E-state index in [0.717, 1.165) is 0 Å². The van der Waals surface area contributed by atoms with E-state index < -0.39 is 17.3 Å². The van der Waals surface area contributed by atoms with Gasteiger partial charge >= 0.3 is 0 Å². The molecule has 3 atom stereocenters. The van der Waals surface area contributed by atoms with E-state index in [1.54, 1.807) is 13.8 Å². The van der Waals surface area contributed by atoms with Crippen molar-refractivity contribution in [2.24, 2.45) is 23.2 Å². The van der Waals surface area contributed by atoms with Gasteiger partial charge in [-0.25, -0.2) is 0 Å². The summed E-state index contributed by atoms with van der Waals surface area (Å²) in [6.45, 7) is 7.02. The molecule has 0 N–H and O–H groups in total. The van der Waals surface area contributed by atoms with E-state index in [2.05, 4.69) is 0 Å². The van der Waals surface area contributed by atoms with E-state index in [1.165, 1.54) is 0 Å². The first-order valence-corrected chi connectivity index (χ1v) is 4.81. The maximum Gasteiger partial charge on any atom is 0.160 e. The molecule has 0 aromatic carbocycles. The average Bonchev–Trinajstić information content (AvgIpc) is 2.13. The fraction of sp³-hybridized carbons (Fsp3) is 0.727. The largest absolute Gasteiger partial charge is 0.299 e. The van der Waals surface area contributed by atoms with Gasteiger partial charge in [0.05, 0.1) is 12.0 Å². The fourth-order valence-electron chi connectivity index (χ4n) is 1.98. The summed E-state index contributed by atoms with van der Waals surface area (Å²) in [5.41, 5.74) is -0.532. The van der Waals surface area contributed by atoms with Gasteiger partial charge in [-0.1, -0.05) is 20.8 Å². The lowest BCUT2D eigenvalue weighted by Gasteiger charge is -2.40. The Hall–Kier alpha value is -1.17. The summed E-state index contributed by atoms with van der Waals surface area (Å²) in [7, 11) is 0. The van der Waals surface area contributed by atoms with Crippen LogP contribution in [0.5, 0.6) is 0 Å². The maximum absolute atomic E-state index is 11.7. The molecular formula is C11H15NO2. The molecule has 0 bridgehead atoms. The van der Waals surface area contributed by atoms with Gasteiger partial charge < -0.3 is 0 Å². The quantitative estimate of drug-likeness (QED) is 0.549. The molecule has 1 fully saturated rings. The number of nitrogens with zero attached hydrogens (tertiary/aromatic N) is 1. The molecule has 0 radical (unpaired) electrons. The van der Waals surface area contributed by atoms with Crippen molar-refractivity contribution in [3.05, 3.63) is 0 Å². The number of carbonyl (C=O) groups is 2. The van der Waals surface area contributed by atoms with Crippen molar-refractivity contribution < 1.29 is 9.59 Å². The van der Waals surface area contributed by atoms with Crippen molar-refractivity contribution >= 4 is 11.6 Å². The Bertz CT molecular complexity index is 325. The minimum atomic E-state index is -0.648. The van der Waals surface area contributed by atoms with Crippen molar-refractivity contribution in [2.45, 2.75) is 27.7 Å². The molecule has 0 amide bonds. The molecule has 1 rings (SSSR count). The van der Waals surface area contributed by atoms with Crippen LogP contribution in [0.2, 0.25) is 0 Å². The van der Waals surface area contributed by atoms with Gasteiger partial charge in [-0.05, 0) is 12.3 Å². The highest BCUT2D eigenvalue weighted by molar-refractivity contribution is 6.07. The lowest BCUT2D eigenvalue weighted by Crippen LogP contribution is -2.49. The molecule has 3 heteroatoms. The Morgan fingerprint density at radius 2 is 1.71 bits per heavy atom. The van der Waals surface area contributed by atoms with Crippen molar-refractivity contribution in [1.82, 2.24) is 0 Å². The van der Waals surface area contributed by atoms with Crippen LogP contribution >= 0.6 is 0 Å². The summed E-state index contributed by atoms with van der Waals surface area (Å²) in [4.78, 5) is 23.4. The predicted molar refractivity (Wildman–Crippen MR) is 51.2 cm³/mol. The van der Waals surface area contributed by atoms with Crippen LogP contribution in [0.4, 0.5) is 0 Å². The molecule has 0 spiro atoms. The van der Waals surface area contributed by atoms with Crippen LogP contribution in [0.1, 0.15) is 27.7 Å². The van der Waals surface area contributed by atoms with Crippen LogP contribution in [-0.2, 0) is 9.59 Å². The van der Waals surface area contributed by atoms with E-state index in [-0.39, 0.29) is 17.5 Å². The standard InChI is InChI=1S/C11H15NO2/c1-6-9(13)7(2)11(3,4)8(5-12)10(6)14/h6-8H,1-4H3. The van der Waals surface area contributed by atoms with Crippen LogP contribution in [-0.4, -0.2) is 11.6 Å². The van der Waals surface area contributed by atoms with Crippen LogP contribution in [0.25, 0.3) is 0 Å². The zero-order chi connectivity index (χ0) is 11.1. The van der Waals surface area contributed by atoms with Gasteiger partial charge in [0.2, 0.25) is 0 Å². The van der Waals surface area contributed by atoms with Crippen molar-refractivity contribution in [3.8, 4) is 6.07 Å². The molecule has 0 heterocycles. The van der Waals surface area contributed by atoms with Gasteiger partial charge in [0.25, 0.3) is 0 Å². The van der Waals surface area contributed by atoms with Crippen molar-refractivity contribution in [3.63, 3.8) is 0 Å². The molecule has 1 aliphatic rings. The van der Waals surface area contributed by atoms with Crippen LogP contribution < -0.4 is 0 Å². The second-order valence-corrected chi connectivity index (χ2v) is 4.63. The Labute approximate surface area is 84.1 Å². The lowest BCUT2D eigenvalue weighted by atomic mass is 9.59. The van der Waals surface area contributed by atoms with Crippen LogP contribution in [0.3, 0.4) is 0 Å². The predicted octanol–water partition coefficient (Wildman–Crippen LogP) is 1.58. The monoisotopic (exact) mass is 193 g/mol. The van der Waals surface area contributed by atoms with E-state index in [1.807, 2.05) is 19.9 Å². The van der Waals surface area contributed by atoms with Gasteiger partial charge in [0, 0.05) is 5.92 Å². The summed E-state index contributed by atoms with van der Waals surface area (Å²) >= 11 is 0. The molecule has 0 aliphatic heterocycles. The summed E-state index contributed by atoms with van der Waals surface area (Å²) in [6.07, 6.45) is 0. The molecule has 0 aromatic heterocycles. The molecule has 14 heavy (non-hydrogen) atoms. The highest BCUT2D eigenvalue weighted by Crippen LogP contribution is 2.42. The Kier molecular flexibility index (Phi) is 2.49. The number of rotatable bonds is 0. The SMILES string of the molecule is CC1C(=O)C(C)C(C)(C)C(C#N)C1=O. The average molecular weight is 193 g/mol. The van der Waals surface area contributed by atoms with Crippen molar-refractivity contribution in [1.29, 1.82) is 5.26 Å². The minimum absolute atomic E-state index is 0.0356. The van der Waals surface area contributed by atoms with Crippen LogP contribution in [0, 0.1) is 34.5 Å². The first-order valence-electron chi connectivity index (χ1n) is 4.81. The summed E-state index contributed by atoms with van der Waals surface area (Å²) in [5, 5.41) is 8.94. The third-order valence-corrected chi connectivity index (χ3v) is 3.55. The zero-order valence-electron chi connectivity index (χ0n) is 9.00. The summed E-state index contributed by atoms with van der Waals surface area (Å²) in [5.74, 6) is -1.74. The third-order valence-electron chi connectivity index (χ3n) is 3.55. The second kappa shape index (κ2) is 3.20. The van der Waals surface area contributed by atoms with Gasteiger partial charge in [0.1, 0.15) is 11.7 Å². The number of hydrogen-bond donors (Lipinski definition) is 0. The van der Waals surface area contributed by atoms with Gasteiger partial charge in [0.15, 0.2) is 5.78 Å². The highest BCUT2D eigenvalue weighted by Gasteiger charge is 2.50. The van der Waals surface area contributed by atoms with E-state index in [4.69, 9.17) is 5.26 Å². The molecule has 76 valence electrons. The topological polar surface area (TPSA) is 57.9 Å². The number of hydrogen-bond acceptors (Lipinski definition) is 3. The number of nitriles is 1. The van der Waals surface area contributed by atoms with Gasteiger partial charge in [-0.2, -0.15) is 5.26 Å². The summed E-state index contributed by atoms with van der Waals surface area (Å²) in [6, 6.07) is 2.02. The zero-order valence-corrected chi connectivity index (χ0v) is 9.00. The number of ketones is 2. The Balaban J connectivity index is 3.17. The van der Waals surface area contributed by atoms with E-state index in [0.29, 0.717) is 0 Å². The second-order valence-electron chi connectivity index (χ2n) is 4.63. The molecule has 3 unspecified atom stereocenters. The smallest absolute Gasteiger partial charge is 0.160 e. The first-order chi connectivity index (χ1) is 6.34. The molecule has 1 saturated carbocycles. The number of carbonyl (C=O) groups excluding carboxylic acids is 2. The highest BCUT2D eigenvalue weighted by atomic mass is 16.2. The third kappa shape index (κ3) is 1.26. The summed E-state index contributed by atoms with van der Waals surface area (Å²) < 4.78 is 0. The fourth-order valence-corrected chi connectivity index (χ4v) is 1.98. The molecule has 0 aromatic rings. The van der Waals surface area contributed by atoms with Gasteiger partial charge in [-0.15, -0.1) is 0 Å². The lowest BCUT2D eigenvalue weighted by molar-refractivity contribution is -0.146. The molecule has 0 saturated heterocycles. The minimum Gasteiger partial charge on any atom is -0.299 e. The number of Topliss-reactive ketones (excluding diaryl/α,β-unsaturated/α-hetero) is 2. The van der Waals surface area contributed by atoms with E-state index >= 15 is 0 Å². The molecular weight excluding hydrogens is 178 g/mol. The molecule has 1 aliphatic carbocycles. The normalized spacial score (nSPS) is 36.6. The van der Waals surface area contributed by atoms with Crippen molar-refractivity contribution in [2.75, 3.05) is 0 Å². The Morgan fingerprint density at radius 1 is 1.21 bits per heavy atom. The maximum atomic E-state index is 11.7. The molecule has 3 nitrogen and oxygen atoms in total.